The first-order chi connectivity index (χ1) is 8.53. The largest absolute Gasteiger partial charge is 0.395 e. The fraction of sp³-hybridized carbons (Fsp3) is 1.00. The number of nitrogens with zero attached hydrogens (tertiary/aromatic N) is 2. The van der Waals surface area contributed by atoms with E-state index in [-0.39, 0.29) is 18.2 Å². The molecule has 0 aliphatic carbocycles. The van der Waals surface area contributed by atoms with Crippen molar-refractivity contribution < 1.29 is 9.84 Å². The van der Waals surface area contributed by atoms with Crippen LogP contribution in [0.1, 0.15) is 33.1 Å². The highest BCUT2D eigenvalue weighted by Crippen LogP contribution is 2.27. The molecule has 2 rings (SSSR count). The van der Waals surface area contributed by atoms with E-state index in [2.05, 4.69) is 30.7 Å². The van der Waals surface area contributed by atoms with Gasteiger partial charge in [0.2, 0.25) is 0 Å². The quantitative estimate of drug-likeness (QED) is 0.815. The van der Waals surface area contributed by atoms with Gasteiger partial charge in [-0.15, -0.1) is 0 Å². The Bertz CT molecular complexity index is 265. The van der Waals surface area contributed by atoms with Crippen LogP contribution < -0.4 is 0 Å². The lowest BCUT2D eigenvalue weighted by Crippen LogP contribution is -2.54. The second-order valence-electron chi connectivity index (χ2n) is 6.45. The summed E-state index contributed by atoms with van der Waals surface area (Å²) in [7, 11) is 2.15. The summed E-state index contributed by atoms with van der Waals surface area (Å²) >= 11 is 0. The average molecular weight is 256 g/mol. The first-order valence-corrected chi connectivity index (χ1v) is 7.20. The number of hydrogen-bond acceptors (Lipinski definition) is 4. The SMILES string of the molecule is CN1CCC(C)(C)N(CC2CCCO2)C(CO)C1. The third-order valence-corrected chi connectivity index (χ3v) is 4.48. The molecule has 2 unspecified atom stereocenters. The molecule has 0 spiro atoms. The molecule has 0 aromatic carbocycles. The molecule has 0 radical (unpaired) electrons. The fourth-order valence-corrected chi connectivity index (χ4v) is 3.21. The molecular weight excluding hydrogens is 228 g/mol. The van der Waals surface area contributed by atoms with Gasteiger partial charge >= 0.3 is 0 Å². The smallest absolute Gasteiger partial charge is 0.0703 e. The van der Waals surface area contributed by atoms with Gasteiger partial charge < -0.3 is 14.7 Å². The van der Waals surface area contributed by atoms with E-state index >= 15 is 0 Å². The van der Waals surface area contributed by atoms with Gasteiger partial charge in [-0.25, -0.2) is 0 Å². The zero-order chi connectivity index (χ0) is 13.2. The van der Waals surface area contributed by atoms with Crippen molar-refractivity contribution >= 4 is 0 Å². The van der Waals surface area contributed by atoms with Crippen LogP contribution >= 0.6 is 0 Å². The number of ether oxygens (including phenoxy) is 1. The predicted molar refractivity (Wildman–Crippen MR) is 72.7 cm³/mol. The van der Waals surface area contributed by atoms with E-state index in [1.807, 2.05) is 0 Å². The Balaban J connectivity index is 2.08. The highest BCUT2D eigenvalue weighted by Gasteiger charge is 2.37. The maximum absolute atomic E-state index is 9.70. The molecule has 0 bridgehead atoms. The van der Waals surface area contributed by atoms with Gasteiger partial charge in [0, 0.05) is 31.3 Å². The first kappa shape index (κ1) is 14.3. The summed E-state index contributed by atoms with van der Waals surface area (Å²) in [5.41, 5.74) is 0.143. The Morgan fingerprint density at radius 3 is 2.78 bits per heavy atom. The number of rotatable bonds is 3. The zero-order valence-electron chi connectivity index (χ0n) is 12.1. The third-order valence-electron chi connectivity index (χ3n) is 4.48. The number of likely N-dealkylation sites (N-methyl/N-ethyl adjacent to an activating group) is 1. The summed E-state index contributed by atoms with van der Waals surface area (Å²) < 4.78 is 5.77. The van der Waals surface area contributed by atoms with E-state index < -0.39 is 0 Å². The van der Waals surface area contributed by atoms with Crippen molar-refractivity contribution in [3.05, 3.63) is 0 Å². The van der Waals surface area contributed by atoms with Gasteiger partial charge in [0.15, 0.2) is 0 Å². The lowest BCUT2D eigenvalue weighted by molar-refractivity contribution is -0.00697. The van der Waals surface area contributed by atoms with Gasteiger partial charge in [-0.2, -0.15) is 0 Å². The lowest BCUT2D eigenvalue weighted by atomic mass is 9.96. The van der Waals surface area contributed by atoms with Crippen LogP contribution in [-0.4, -0.2) is 72.5 Å². The fourth-order valence-electron chi connectivity index (χ4n) is 3.21. The summed E-state index contributed by atoms with van der Waals surface area (Å²) in [4.78, 5) is 4.81. The van der Waals surface area contributed by atoms with Crippen molar-refractivity contribution in [2.45, 2.75) is 50.8 Å². The Kier molecular flexibility index (Phi) is 4.64. The standard InChI is InChI=1S/C14H28N2O2/c1-14(2)6-7-15(3)9-12(11-17)16(14)10-13-5-4-8-18-13/h12-13,17H,4-11H2,1-3H3. The Hall–Kier alpha value is -0.160. The van der Waals surface area contributed by atoms with Crippen LogP contribution in [0.3, 0.4) is 0 Å². The highest BCUT2D eigenvalue weighted by atomic mass is 16.5. The minimum absolute atomic E-state index is 0.143. The zero-order valence-corrected chi connectivity index (χ0v) is 12.1. The number of hydrogen-bond donors (Lipinski definition) is 1. The molecule has 2 saturated heterocycles. The van der Waals surface area contributed by atoms with Gasteiger partial charge in [0.05, 0.1) is 12.7 Å². The summed E-state index contributed by atoms with van der Waals surface area (Å²) in [6, 6.07) is 0.233. The molecule has 0 amide bonds. The average Bonchev–Trinajstić information content (AvgIpc) is 2.80. The summed E-state index contributed by atoms with van der Waals surface area (Å²) in [5, 5.41) is 9.70. The molecule has 2 aliphatic rings. The first-order valence-electron chi connectivity index (χ1n) is 7.20. The normalized spacial score (nSPS) is 34.7. The molecule has 0 aromatic heterocycles. The third kappa shape index (κ3) is 3.23. The second-order valence-corrected chi connectivity index (χ2v) is 6.45. The van der Waals surface area contributed by atoms with Crippen molar-refractivity contribution in [2.24, 2.45) is 0 Å². The molecule has 106 valence electrons. The minimum atomic E-state index is 0.143. The van der Waals surface area contributed by atoms with Crippen LogP contribution in [-0.2, 0) is 4.74 Å². The van der Waals surface area contributed by atoms with Gasteiger partial charge in [-0.1, -0.05) is 0 Å². The van der Waals surface area contributed by atoms with Crippen LogP contribution in [0.5, 0.6) is 0 Å². The molecule has 4 nitrogen and oxygen atoms in total. The summed E-state index contributed by atoms with van der Waals surface area (Å²) in [6.07, 6.45) is 3.86. The summed E-state index contributed by atoms with van der Waals surface area (Å²) in [6.45, 7) is 8.75. The topological polar surface area (TPSA) is 35.9 Å². The van der Waals surface area contributed by atoms with Crippen LogP contribution in [0, 0.1) is 0 Å². The van der Waals surface area contributed by atoms with Crippen molar-refractivity contribution in [2.75, 3.05) is 39.9 Å². The molecule has 2 aliphatic heterocycles. The molecule has 4 heteroatoms. The van der Waals surface area contributed by atoms with Crippen molar-refractivity contribution in [3.8, 4) is 0 Å². The number of aliphatic hydroxyl groups excluding tert-OH is 1. The van der Waals surface area contributed by atoms with Gasteiger partial charge in [0.25, 0.3) is 0 Å². The van der Waals surface area contributed by atoms with E-state index in [1.54, 1.807) is 0 Å². The predicted octanol–water partition coefficient (Wildman–Crippen LogP) is 0.942. The highest BCUT2D eigenvalue weighted by molar-refractivity contribution is 4.93. The Morgan fingerprint density at radius 1 is 1.39 bits per heavy atom. The van der Waals surface area contributed by atoms with Crippen LogP contribution in [0.4, 0.5) is 0 Å². The molecule has 1 N–H and O–H groups in total. The van der Waals surface area contributed by atoms with E-state index in [0.29, 0.717) is 6.10 Å². The van der Waals surface area contributed by atoms with Gasteiger partial charge in [0.1, 0.15) is 0 Å². The molecule has 2 fully saturated rings. The molecular formula is C14H28N2O2. The second kappa shape index (κ2) is 5.87. The monoisotopic (exact) mass is 256 g/mol. The summed E-state index contributed by atoms with van der Waals surface area (Å²) in [5.74, 6) is 0. The van der Waals surface area contributed by atoms with Gasteiger partial charge in [-0.05, 0) is 46.7 Å². The minimum Gasteiger partial charge on any atom is -0.395 e. The number of aliphatic hydroxyl groups is 1. The Labute approximate surface area is 111 Å². The van der Waals surface area contributed by atoms with Crippen molar-refractivity contribution in [1.82, 2.24) is 9.80 Å². The van der Waals surface area contributed by atoms with Crippen LogP contribution in [0.15, 0.2) is 0 Å². The van der Waals surface area contributed by atoms with Crippen molar-refractivity contribution in [3.63, 3.8) is 0 Å². The molecule has 0 aromatic rings. The van der Waals surface area contributed by atoms with Crippen LogP contribution in [0.2, 0.25) is 0 Å². The maximum Gasteiger partial charge on any atom is 0.0703 e. The van der Waals surface area contributed by atoms with E-state index in [0.717, 1.165) is 32.7 Å². The molecule has 0 saturated carbocycles. The lowest BCUT2D eigenvalue weighted by Gasteiger charge is -2.42. The molecule has 2 heterocycles. The Morgan fingerprint density at radius 2 is 2.17 bits per heavy atom. The maximum atomic E-state index is 9.70. The van der Waals surface area contributed by atoms with Gasteiger partial charge in [-0.3, -0.25) is 4.90 Å². The molecule has 18 heavy (non-hydrogen) atoms. The van der Waals surface area contributed by atoms with Crippen molar-refractivity contribution in [1.29, 1.82) is 0 Å². The van der Waals surface area contributed by atoms with E-state index in [4.69, 9.17) is 4.74 Å². The van der Waals surface area contributed by atoms with Crippen LogP contribution in [0.25, 0.3) is 0 Å². The molecule has 2 atom stereocenters. The van der Waals surface area contributed by atoms with E-state index in [9.17, 15) is 5.11 Å². The van der Waals surface area contributed by atoms with E-state index in [1.165, 1.54) is 12.8 Å².